The van der Waals surface area contributed by atoms with Crippen molar-refractivity contribution < 1.29 is 4.74 Å². The maximum atomic E-state index is 6.58. The SMILES string of the molecule is C/C=C\C1=C(CC)c2ccc(-c3nc(-c4ccccc4)nc(-c4ccc(N5c6ccccc6Oc6c5ccc5c6C=CCC5)cc4)n3)cc2C1(C)C. The monoisotopic (exact) mass is 676 g/mol. The first-order chi connectivity index (χ1) is 25.4. The second-order valence-electron chi connectivity index (χ2n) is 14.2. The molecule has 0 unspecified atom stereocenters. The van der Waals surface area contributed by atoms with Gasteiger partial charge in [-0.05, 0) is 103 Å². The Bertz CT molecular complexity index is 2460. The van der Waals surface area contributed by atoms with E-state index in [4.69, 9.17) is 19.7 Å². The van der Waals surface area contributed by atoms with Crippen LogP contribution >= 0.6 is 0 Å². The largest absolute Gasteiger partial charge is 0.452 e. The summed E-state index contributed by atoms with van der Waals surface area (Å²) in [5.41, 5.74) is 13.7. The molecule has 1 aliphatic heterocycles. The molecule has 3 aliphatic rings. The molecular formula is C47H40N4O. The fourth-order valence-corrected chi connectivity index (χ4v) is 8.10. The molecule has 5 aromatic carbocycles. The lowest BCUT2D eigenvalue weighted by Crippen LogP contribution is -2.17. The van der Waals surface area contributed by atoms with Gasteiger partial charge in [-0.2, -0.15) is 0 Å². The highest BCUT2D eigenvalue weighted by molar-refractivity contribution is 5.90. The molecule has 9 rings (SSSR count). The summed E-state index contributed by atoms with van der Waals surface area (Å²) in [6, 6.07) is 38.1. The summed E-state index contributed by atoms with van der Waals surface area (Å²) in [4.78, 5) is 17.5. The van der Waals surface area contributed by atoms with Crippen LogP contribution in [0.25, 0.3) is 45.8 Å². The third-order valence-corrected chi connectivity index (χ3v) is 10.7. The summed E-state index contributed by atoms with van der Waals surface area (Å²) in [7, 11) is 0. The number of para-hydroxylation sites is 2. The molecule has 52 heavy (non-hydrogen) atoms. The topological polar surface area (TPSA) is 51.1 Å². The van der Waals surface area contributed by atoms with Gasteiger partial charge in [-0.3, -0.25) is 0 Å². The molecule has 0 saturated carbocycles. The van der Waals surface area contributed by atoms with E-state index in [1.54, 1.807) is 0 Å². The molecule has 5 heteroatoms. The zero-order chi connectivity index (χ0) is 35.4. The molecule has 5 nitrogen and oxygen atoms in total. The molecule has 2 aliphatic carbocycles. The number of ether oxygens (including phenoxy) is 1. The van der Waals surface area contributed by atoms with Crippen LogP contribution in [0.4, 0.5) is 17.1 Å². The van der Waals surface area contributed by atoms with Crippen LogP contribution in [0.5, 0.6) is 11.5 Å². The molecule has 1 aromatic heterocycles. The van der Waals surface area contributed by atoms with Gasteiger partial charge in [0.2, 0.25) is 0 Å². The fraction of sp³-hybridized carbons (Fsp3) is 0.170. The van der Waals surface area contributed by atoms with Gasteiger partial charge in [-0.1, -0.05) is 106 Å². The Labute approximate surface area is 305 Å². The van der Waals surface area contributed by atoms with E-state index in [1.165, 1.54) is 33.4 Å². The first kappa shape index (κ1) is 31.9. The minimum atomic E-state index is -0.122. The first-order valence-corrected chi connectivity index (χ1v) is 18.3. The van der Waals surface area contributed by atoms with Gasteiger partial charge < -0.3 is 9.64 Å². The van der Waals surface area contributed by atoms with Crippen LogP contribution in [0.15, 0.2) is 133 Å². The number of fused-ring (bicyclic) bond motifs is 5. The number of allylic oxidation sites excluding steroid dienone is 5. The van der Waals surface area contributed by atoms with E-state index in [0.29, 0.717) is 17.5 Å². The van der Waals surface area contributed by atoms with E-state index in [1.807, 2.05) is 30.3 Å². The molecule has 0 atom stereocenters. The maximum absolute atomic E-state index is 6.58. The summed E-state index contributed by atoms with van der Waals surface area (Å²) in [5, 5.41) is 0. The molecule has 6 aromatic rings. The number of benzene rings is 5. The van der Waals surface area contributed by atoms with Gasteiger partial charge in [0.15, 0.2) is 29.0 Å². The first-order valence-electron chi connectivity index (χ1n) is 18.3. The Morgan fingerprint density at radius 1 is 0.750 bits per heavy atom. The van der Waals surface area contributed by atoms with Crippen molar-refractivity contribution in [2.75, 3.05) is 4.90 Å². The maximum Gasteiger partial charge on any atom is 0.164 e. The van der Waals surface area contributed by atoms with Crippen LogP contribution in [0.1, 0.15) is 62.8 Å². The van der Waals surface area contributed by atoms with E-state index in [-0.39, 0.29) is 5.41 Å². The van der Waals surface area contributed by atoms with Crippen molar-refractivity contribution in [3.05, 3.63) is 155 Å². The van der Waals surface area contributed by atoms with Crippen molar-refractivity contribution >= 4 is 28.7 Å². The molecule has 0 fully saturated rings. The van der Waals surface area contributed by atoms with Gasteiger partial charge in [-0.15, -0.1) is 0 Å². The van der Waals surface area contributed by atoms with Crippen molar-refractivity contribution in [3.63, 3.8) is 0 Å². The van der Waals surface area contributed by atoms with Gasteiger partial charge in [-0.25, -0.2) is 15.0 Å². The van der Waals surface area contributed by atoms with E-state index in [9.17, 15) is 0 Å². The Morgan fingerprint density at radius 3 is 2.19 bits per heavy atom. The summed E-state index contributed by atoms with van der Waals surface area (Å²) >= 11 is 0. The van der Waals surface area contributed by atoms with E-state index in [2.05, 4.69) is 136 Å². The Hall–Kier alpha value is -6.07. The number of aryl methyl sites for hydroxylation is 1. The van der Waals surface area contributed by atoms with Crippen LogP contribution in [0, 0.1) is 0 Å². The predicted molar refractivity (Wildman–Crippen MR) is 213 cm³/mol. The van der Waals surface area contributed by atoms with Crippen LogP contribution < -0.4 is 9.64 Å². The summed E-state index contributed by atoms with van der Waals surface area (Å²) in [5.74, 6) is 3.71. The normalized spacial score (nSPS) is 15.3. The highest BCUT2D eigenvalue weighted by Gasteiger charge is 2.36. The second kappa shape index (κ2) is 12.6. The zero-order valence-corrected chi connectivity index (χ0v) is 30.0. The molecular weight excluding hydrogens is 637 g/mol. The number of rotatable bonds is 6. The van der Waals surface area contributed by atoms with Crippen molar-refractivity contribution in [2.45, 2.75) is 52.4 Å². The average molecular weight is 677 g/mol. The Kier molecular flexibility index (Phi) is 7.73. The van der Waals surface area contributed by atoms with Crippen LogP contribution in [0.3, 0.4) is 0 Å². The third kappa shape index (κ3) is 5.19. The van der Waals surface area contributed by atoms with Crippen molar-refractivity contribution in [1.82, 2.24) is 15.0 Å². The van der Waals surface area contributed by atoms with Crippen LogP contribution in [0.2, 0.25) is 0 Å². The summed E-state index contributed by atoms with van der Waals surface area (Å²) in [6.45, 7) is 8.98. The summed E-state index contributed by atoms with van der Waals surface area (Å²) in [6.07, 6.45) is 11.9. The highest BCUT2D eigenvalue weighted by atomic mass is 16.5. The molecule has 0 saturated heterocycles. The lowest BCUT2D eigenvalue weighted by atomic mass is 9.80. The minimum absolute atomic E-state index is 0.122. The molecule has 0 bridgehead atoms. The third-order valence-electron chi connectivity index (χ3n) is 10.7. The van der Waals surface area contributed by atoms with Gasteiger partial charge in [0.1, 0.15) is 0 Å². The van der Waals surface area contributed by atoms with Crippen molar-refractivity contribution in [2.24, 2.45) is 0 Å². The Balaban J connectivity index is 1.14. The molecule has 0 N–H and O–H groups in total. The molecule has 2 heterocycles. The van der Waals surface area contributed by atoms with E-state index >= 15 is 0 Å². The smallest absolute Gasteiger partial charge is 0.164 e. The summed E-state index contributed by atoms with van der Waals surface area (Å²) < 4.78 is 6.58. The molecule has 254 valence electrons. The quantitative estimate of drug-likeness (QED) is 0.175. The number of nitrogens with zero attached hydrogens (tertiary/aromatic N) is 4. The van der Waals surface area contributed by atoms with Gasteiger partial charge >= 0.3 is 0 Å². The number of hydrogen-bond donors (Lipinski definition) is 0. The second-order valence-corrected chi connectivity index (χ2v) is 14.2. The van der Waals surface area contributed by atoms with Gasteiger partial charge in [0.25, 0.3) is 0 Å². The van der Waals surface area contributed by atoms with Crippen LogP contribution in [-0.2, 0) is 11.8 Å². The van der Waals surface area contributed by atoms with E-state index in [0.717, 1.165) is 64.5 Å². The Morgan fingerprint density at radius 2 is 1.44 bits per heavy atom. The predicted octanol–water partition coefficient (Wildman–Crippen LogP) is 12.4. The average Bonchev–Trinajstić information content (AvgIpc) is 3.41. The molecule has 0 spiro atoms. The van der Waals surface area contributed by atoms with Crippen LogP contribution in [-0.4, -0.2) is 15.0 Å². The fourth-order valence-electron chi connectivity index (χ4n) is 8.10. The standard InChI is InChI=1S/C47H40N4O/c1-5-14-38-35(6-2)37-27-23-33(29-39(37)47(38,3)4)46-49-44(31-16-8-7-9-17-31)48-45(50-46)32-21-25-34(26-22-32)51-40-19-12-13-20-42(40)52-43-36-18-11-10-15-30(36)24-28-41(43)51/h5,7-9,11-14,16-29H,6,10,15H2,1-4H3/b14-5-. The molecule has 0 amide bonds. The number of hydrogen-bond acceptors (Lipinski definition) is 5. The molecule has 0 radical (unpaired) electrons. The zero-order valence-electron chi connectivity index (χ0n) is 30.0. The van der Waals surface area contributed by atoms with E-state index < -0.39 is 0 Å². The lowest BCUT2D eigenvalue weighted by molar-refractivity contribution is 0.475. The lowest BCUT2D eigenvalue weighted by Gasteiger charge is -2.34. The van der Waals surface area contributed by atoms with Crippen molar-refractivity contribution in [1.29, 1.82) is 0 Å². The minimum Gasteiger partial charge on any atom is -0.452 e. The van der Waals surface area contributed by atoms with Gasteiger partial charge in [0.05, 0.1) is 11.4 Å². The van der Waals surface area contributed by atoms with Crippen molar-refractivity contribution in [3.8, 4) is 45.7 Å². The van der Waals surface area contributed by atoms with Gasteiger partial charge in [0, 0.05) is 33.4 Å². The number of aromatic nitrogens is 3. The number of anilines is 3. The highest BCUT2D eigenvalue weighted by Crippen LogP contribution is 2.53.